The number of thioether (sulfide) groups is 1. The number of hydrogen-bond donors (Lipinski definition) is 2. The van der Waals surface area contributed by atoms with Crippen LogP contribution in [0.4, 0.5) is 17.1 Å². The Labute approximate surface area is 223 Å². The van der Waals surface area contributed by atoms with Crippen LogP contribution in [-0.4, -0.2) is 59.5 Å². The molecular formula is C25H26ClN5O3S2. The second kappa shape index (κ2) is 12.2. The lowest BCUT2D eigenvalue weighted by Crippen LogP contribution is -2.49. The zero-order valence-electron chi connectivity index (χ0n) is 19.7. The average molecular weight is 544 g/mol. The van der Waals surface area contributed by atoms with Gasteiger partial charge < -0.3 is 20.4 Å². The van der Waals surface area contributed by atoms with E-state index in [1.165, 1.54) is 30.0 Å². The lowest BCUT2D eigenvalue weighted by molar-refractivity contribution is -0.130. The second-order valence-corrected chi connectivity index (χ2v) is 10.7. The molecule has 0 unspecified atom stereocenters. The minimum absolute atomic E-state index is 0.0630. The van der Waals surface area contributed by atoms with Gasteiger partial charge in [0.1, 0.15) is 0 Å². The van der Waals surface area contributed by atoms with E-state index in [9.17, 15) is 14.4 Å². The SMILES string of the molecule is CC(=O)Nc1ccc(NC(=O)CSc2nc(CC(=O)N3CCN(c4ccc(Cl)cc4)CC3)cs2)cc1. The third-order valence-corrected chi connectivity index (χ3v) is 7.82. The maximum atomic E-state index is 12.8. The topological polar surface area (TPSA) is 94.6 Å². The van der Waals surface area contributed by atoms with Gasteiger partial charge >= 0.3 is 0 Å². The zero-order valence-corrected chi connectivity index (χ0v) is 22.1. The van der Waals surface area contributed by atoms with E-state index in [1.54, 1.807) is 24.3 Å². The summed E-state index contributed by atoms with van der Waals surface area (Å²) >= 11 is 8.74. The summed E-state index contributed by atoms with van der Waals surface area (Å²) in [5.74, 6) is -0.0303. The Balaban J connectivity index is 1.19. The van der Waals surface area contributed by atoms with Gasteiger partial charge in [0.25, 0.3) is 0 Å². The molecule has 36 heavy (non-hydrogen) atoms. The lowest BCUT2D eigenvalue weighted by Gasteiger charge is -2.36. The third-order valence-electron chi connectivity index (χ3n) is 5.50. The molecule has 3 amide bonds. The van der Waals surface area contributed by atoms with Crippen molar-refractivity contribution in [3.63, 3.8) is 0 Å². The van der Waals surface area contributed by atoms with Crippen LogP contribution in [-0.2, 0) is 20.8 Å². The van der Waals surface area contributed by atoms with E-state index in [1.807, 2.05) is 34.5 Å². The third kappa shape index (κ3) is 7.46. The molecule has 1 aliphatic heterocycles. The summed E-state index contributed by atoms with van der Waals surface area (Å²) in [4.78, 5) is 44.8. The van der Waals surface area contributed by atoms with Crippen LogP contribution >= 0.6 is 34.7 Å². The molecule has 1 saturated heterocycles. The van der Waals surface area contributed by atoms with Crippen molar-refractivity contribution in [3.8, 4) is 0 Å². The molecule has 2 aromatic carbocycles. The standard InChI is InChI=1S/C25H26ClN5O3S2/c1-17(32)27-19-4-6-20(7-5-19)28-23(33)16-36-25-29-21(15-35-25)14-24(34)31-12-10-30(11-13-31)22-8-2-18(26)3-9-22/h2-9,15H,10-14,16H2,1H3,(H,27,32)(H,28,33). The van der Waals surface area contributed by atoms with Gasteiger partial charge in [-0.3, -0.25) is 14.4 Å². The van der Waals surface area contributed by atoms with Crippen LogP contribution in [0.2, 0.25) is 5.02 Å². The van der Waals surface area contributed by atoms with Crippen molar-refractivity contribution in [2.45, 2.75) is 17.7 Å². The van der Waals surface area contributed by atoms with Gasteiger partial charge in [-0.1, -0.05) is 23.4 Å². The largest absolute Gasteiger partial charge is 0.368 e. The van der Waals surface area contributed by atoms with Crippen LogP contribution in [0.1, 0.15) is 12.6 Å². The van der Waals surface area contributed by atoms with Crippen LogP contribution in [0.25, 0.3) is 0 Å². The fourth-order valence-corrected chi connectivity index (χ4v) is 5.50. The van der Waals surface area contributed by atoms with E-state index in [2.05, 4.69) is 20.5 Å². The number of carbonyl (C=O) groups excluding carboxylic acids is 3. The number of rotatable bonds is 8. The first-order chi connectivity index (χ1) is 17.4. The molecule has 0 bridgehead atoms. The summed E-state index contributed by atoms with van der Waals surface area (Å²) in [5, 5.41) is 8.10. The molecule has 8 nitrogen and oxygen atoms in total. The number of nitrogens with zero attached hydrogens (tertiary/aromatic N) is 3. The average Bonchev–Trinajstić information content (AvgIpc) is 3.31. The van der Waals surface area contributed by atoms with E-state index in [4.69, 9.17) is 11.6 Å². The van der Waals surface area contributed by atoms with Gasteiger partial charge in [0, 0.05) is 60.6 Å². The lowest BCUT2D eigenvalue weighted by atomic mass is 10.2. The minimum Gasteiger partial charge on any atom is -0.368 e. The fourth-order valence-electron chi connectivity index (χ4n) is 3.73. The number of halogens is 1. The molecule has 1 aromatic heterocycles. The predicted molar refractivity (Wildman–Crippen MR) is 146 cm³/mol. The summed E-state index contributed by atoms with van der Waals surface area (Å²) in [6, 6.07) is 14.7. The minimum atomic E-state index is -0.154. The molecule has 3 aromatic rings. The molecule has 11 heteroatoms. The van der Waals surface area contributed by atoms with Crippen LogP contribution in [0, 0.1) is 0 Å². The van der Waals surface area contributed by atoms with Gasteiger partial charge in [0.2, 0.25) is 17.7 Å². The molecule has 1 fully saturated rings. The molecule has 188 valence electrons. The Bertz CT molecular complexity index is 1210. The number of piperazine rings is 1. The molecule has 1 aliphatic rings. The number of carbonyl (C=O) groups is 3. The smallest absolute Gasteiger partial charge is 0.234 e. The number of thiazole rings is 1. The molecule has 0 aliphatic carbocycles. The highest BCUT2D eigenvalue weighted by Crippen LogP contribution is 2.24. The van der Waals surface area contributed by atoms with Crippen molar-refractivity contribution in [2.75, 3.05) is 47.5 Å². The maximum absolute atomic E-state index is 12.8. The monoisotopic (exact) mass is 543 g/mol. The van der Waals surface area contributed by atoms with Gasteiger partial charge in [0.05, 0.1) is 17.9 Å². The zero-order chi connectivity index (χ0) is 25.5. The van der Waals surface area contributed by atoms with Crippen molar-refractivity contribution < 1.29 is 14.4 Å². The van der Waals surface area contributed by atoms with E-state index in [0.717, 1.165) is 28.8 Å². The second-order valence-electron chi connectivity index (χ2n) is 8.22. The van der Waals surface area contributed by atoms with Crippen LogP contribution in [0.3, 0.4) is 0 Å². The highest BCUT2D eigenvalue weighted by Gasteiger charge is 2.22. The molecule has 0 saturated carbocycles. The first kappa shape index (κ1) is 26.0. The Morgan fingerprint density at radius 1 is 0.972 bits per heavy atom. The first-order valence-electron chi connectivity index (χ1n) is 11.4. The molecule has 2 heterocycles. The first-order valence-corrected chi connectivity index (χ1v) is 13.6. The van der Waals surface area contributed by atoms with Crippen LogP contribution in [0.15, 0.2) is 58.3 Å². The van der Waals surface area contributed by atoms with Crippen molar-refractivity contribution in [1.29, 1.82) is 0 Å². The molecule has 0 radical (unpaired) electrons. The number of nitrogens with one attached hydrogen (secondary N) is 2. The normalized spacial score (nSPS) is 13.4. The van der Waals surface area contributed by atoms with Gasteiger partial charge in [0.15, 0.2) is 4.34 Å². The maximum Gasteiger partial charge on any atom is 0.234 e. The van der Waals surface area contributed by atoms with Gasteiger partial charge in [-0.15, -0.1) is 11.3 Å². The molecule has 0 spiro atoms. The molecule has 2 N–H and O–H groups in total. The number of hydrogen-bond acceptors (Lipinski definition) is 7. The molecule has 4 rings (SSSR count). The molecular weight excluding hydrogens is 518 g/mol. The Hall–Kier alpha value is -3.08. The highest BCUT2D eigenvalue weighted by atomic mass is 35.5. The van der Waals surface area contributed by atoms with E-state index < -0.39 is 0 Å². The Morgan fingerprint density at radius 3 is 2.25 bits per heavy atom. The number of benzene rings is 2. The summed E-state index contributed by atoms with van der Waals surface area (Å²) in [6.07, 6.45) is 0.255. The van der Waals surface area contributed by atoms with Gasteiger partial charge in [-0.05, 0) is 48.5 Å². The van der Waals surface area contributed by atoms with E-state index in [0.29, 0.717) is 29.5 Å². The van der Waals surface area contributed by atoms with Gasteiger partial charge in [-0.25, -0.2) is 4.98 Å². The van der Waals surface area contributed by atoms with E-state index >= 15 is 0 Å². The number of amides is 3. The van der Waals surface area contributed by atoms with Crippen LogP contribution < -0.4 is 15.5 Å². The highest BCUT2D eigenvalue weighted by molar-refractivity contribution is 8.01. The quantitative estimate of drug-likeness (QED) is 0.410. The summed E-state index contributed by atoms with van der Waals surface area (Å²) in [5.41, 5.74) is 3.15. The Morgan fingerprint density at radius 2 is 1.61 bits per heavy atom. The summed E-state index contributed by atoms with van der Waals surface area (Å²) in [6.45, 7) is 4.32. The summed E-state index contributed by atoms with van der Waals surface area (Å²) < 4.78 is 0.751. The van der Waals surface area contributed by atoms with Gasteiger partial charge in [-0.2, -0.15) is 0 Å². The van der Waals surface area contributed by atoms with Crippen molar-refractivity contribution in [1.82, 2.24) is 9.88 Å². The van der Waals surface area contributed by atoms with Crippen LogP contribution in [0.5, 0.6) is 0 Å². The fraction of sp³-hybridized carbons (Fsp3) is 0.280. The van der Waals surface area contributed by atoms with Crippen molar-refractivity contribution >= 4 is 69.5 Å². The van der Waals surface area contributed by atoms with E-state index in [-0.39, 0.29) is 29.9 Å². The predicted octanol–water partition coefficient (Wildman–Crippen LogP) is 4.38. The number of anilines is 3. The molecule has 0 atom stereocenters. The van der Waals surface area contributed by atoms with Crippen molar-refractivity contribution in [3.05, 3.63) is 64.6 Å². The number of aromatic nitrogens is 1. The van der Waals surface area contributed by atoms with Crippen molar-refractivity contribution in [2.24, 2.45) is 0 Å². The summed E-state index contributed by atoms with van der Waals surface area (Å²) in [7, 11) is 0. The Kier molecular flexibility index (Phi) is 8.84.